The lowest BCUT2D eigenvalue weighted by molar-refractivity contribution is 0.0615. The predicted octanol–water partition coefficient (Wildman–Crippen LogP) is 1.73. The van der Waals surface area contributed by atoms with Crippen LogP contribution in [0.3, 0.4) is 0 Å². The summed E-state index contributed by atoms with van der Waals surface area (Å²) >= 11 is 0. The second kappa shape index (κ2) is 9.78. The Hall–Kier alpha value is -4.25. The maximum atomic E-state index is 13.1. The zero-order valence-electron chi connectivity index (χ0n) is 20.1. The van der Waals surface area contributed by atoms with Gasteiger partial charge >= 0.3 is 11.1 Å². The van der Waals surface area contributed by atoms with Crippen molar-refractivity contribution in [3.8, 4) is 17.1 Å². The molecular formula is C25H26N6O5. The molecule has 1 N–H and O–H groups in total. The molecule has 0 aliphatic carbocycles. The van der Waals surface area contributed by atoms with Crippen molar-refractivity contribution < 1.29 is 14.1 Å². The van der Waals surface area contributed by atoms with E-state index in [2.05, 4.69) is 20.0 Å². The van der Waals surface area contributed by atoms with Crippen LogP contribution >= 0.6 is 0 Å². The molecule has 186 valence electrons. The minimum Gasteiger partial charge on any atom is -0.497 e. The molecule has 0 radical (unpaired) electrons. The van der Waals surface area contributed by atoms with Gasteiger partial charge in [0.15, 0.2) is 0 Å². The van der Waals surface area contributed by atoms with Gasteiger partial charge in [-0.05, 0) is 49.4 Å². The van der Waals surface area contributed by atoms with E-state index in [1.165, 1.54) is 4.57 Å². The summed E-state index contributed by atoms with van der Waals surface area (Å²) < 4.78 is 12.0. The number of rotatable bonds is 6. The van der Waals surface area contributed by atoms with E-state index >= 15 is 0 Å². The summed E-state index contributed by atoms with van der Waals surface area (Å²) in [6.45, 7) is 5.07. The molecule has 1 aliphatic heterocycles. The molecule has 2 aromatic carbocycles. The first-order valence-electron chi connectivity index (χ1n) is 11.7. The smallest absolute Gasteiger partial charge is 0.316 e. The molecule has 36 heavy (non-hydrogen) atoms. The van der Waals surface area contributed by atoms with Crippen molar-refractivity contribution in [3.05, 3.63) is 74.6 Å². The van der Waals surface area contributed by atoms with Crippen LogP contribution in [0.2, 0.25) is 0 Å². The molecule has 11 heteroatoms. The molecular weight excluding hydrogens is 464 g/mol. The Morgan fingerprint density at radius 2 is 1.83 bits per heavy atom. The highest BCUT2D eigenvalue weighted by molar-refractivity contribution is 5.97. The summed E-state index contributed by atoms with van der Waals surface area (Å²) in [5.41, 5.74) is 1.08. The van der Waals surface area contributed by atoms with Gasteiger partial charge in [0, 0.05) is 43.9 Å². The maximum absolute atomic E-state index is 13.1. The second-order valence-corrected chi connectivity index (χ2v) is 8.54. The van der Waals surface area contributed by atoms with Gasteiger partial charge in [-0.2, -0.15) is 4.98 Å². The van der Waals surface area contributed by atoms with Gasteiger partial charge in [-0.25, -0.2) is 0 Å². The number of H-pyrrole nitrogens is 1. The predicted molar refractivity (Wildman–Crippen MR) is 132 cm³/mol. The number of aromatic nitrogens is 4. The summed E-state index contributed by atoms with van der Waals surface area (Å²) in [4.78, 5) is 48.2. The summed E-state index contributed by atoms with van der Waals surface area (Å²) in [6.07, 6.45) is 0. The second-order valence-electron chi connectivity index (χ2n) is 8.54. The first kappa shape index (κ1) is 23.5. The van der Waals surface area contributed by atoms with Crippen LogP contribution in [0, 0.1) is 0 Å². The topological polar surface area (TPSA) is 127 Å². The fraction of sp³-hybridized carbons (Fsp3) is 0.320. The first-order valence-corrected chi connectivity index (χ1v) is 11.7. The number of hydrogen-bond donors (Lipinski definition) is 1. The van der Waals surface area contributed by atoms with E-state index in [1.54, 1.807) is 37.1 Å². The van der Waals surface area contributed by atoms with Gasteiger partial charge in [-0.1, -0.05) is 5.16 Å². The van der Waals surface area contributed by atoms with Gasteiger partial charge in [0.25, 0.3) is 5.91 Å². The molecule has 0 atom stereocenters. The van der Waals surface area contributed by atoms with Crippen LogP contribution < -0.4 is 15.9 Å². The van der Waals surface area contributed by atoms with E-state index in [4.69, 9.17) is 9.26 Å². The van der Waals surface area contributed by atoms with E-state index in [0.717, 1.165) is 11.3 Å². The SMILES string of the molecule is CCn1c(=O)c(=O)[nH]c2cc(C(=O)N3CCN(Cc4nc(-c5ccc(OC)cc5)no4)CC3)ccc21. The monoisotopic (exact) mass is 490 g/mol. The van der Waals surface area contributed by atoms with Crippen molar-refractivity contribution >= 4 is 16.9 Å². The fourth-order valence-electron chi connectivity index (χ4n) is 4.39. The summed E-state index contributed by atoms with van der Waals surface area (Å²) in [6, 6.07) is 12.5. The average Bonchev–Trinajstić information content (AvgIpc) is 3.37. The third-order valence-electron chi connectivity index (χ3n) is 6.37. The number of benzene rings is 2. The molecule has 4 aromatic rings. The molecule has 3 heterocycles. The number of nitrogens with zero attached hydrogens (tertiary/aromatic N) is 5. The van der Waals surface area contributed by atoms with E-state index in [1.807, 2.05) is 24.3 Å². The highest BCUT2D eigenvalue weighted by Crippen LogP contribution is 2.21. The zero-order chi connectivity index (χ0) is 25.2. The summed E-state index contributed by atoms with van der Waals surface area (Å²) in [5.74, 6) is 1.67. The number of carbonyl (C=O) groups excluding carboxylic acids is 1. The number of amides is 1. The van der Waals surface area contributed by atoms with Gasteiger partial charge in [-0.15, -0.1) is 0 Å². The molecule has 1 aliphatic rings. The average molecular weight is 491 g/mol. The van der Waals surface area contributed by atoms with Crippen molar-refractivity contribution in [2.45, 2.75) is 20.0 Å². The largest absolute Gasteiger partial charge is 0.497 e. The molecule has 1 fully saturated rings. The molecule has 1 saturated heterocycles. The normalized spacial score (nSPS) is 14.3. The number of hydrogen-bond acceptors (Lipinski definition) is 8. The highest BCUT2D eigenvalue weighted by Gasteiger charge is 2.24. The van der Waals surface area contributed by atoms with Crippen molar-refractivity contribution in [1.29, 1.82) is 0 Å². The van der Waals surface area contributed by atoms with Crippen LogP contribution in [0.4, 0.5) is 0 Å². The quantitative estimate of drug-likeness (QED) is 0.405. The van der Waals surface area contributed by atoms with E-state index in [-0.39, 0.29) is 5.91 Å². The van der Waals surface area contributed by atoms with E-state index < -0.39 is 11.1 Å². The van der Waals surface area contributed by atoms with Crippen LogP contribution in [0.5, 0.6) is 5.75 Å². The molecule has 5 rings (SSSR count). The lowest BCUT2D eigenvalue weighted by atomic mass is 10.1. The Morgan fingerprint density at radius 3 is 2.53 bits per heavy atom. The number of aryl methyl sites for hydroxylation is 1. The molecule has 1 amide bonds. The Bertz CT molecular complexity index is 1510. The molecule has 0 unspecified atom stereocenters. The van der Waals surface area contributed by atoms with Crippen LogP contribution in [0.15, 0.2) is 56.6 Å². The number of methoxy groups -OCH3 is 1. The van der Waals surface area contributed by atoms with Crippen molar-refractivity contribution in [3.63, 3.8) is 0 Å². The first-order chi connectivity index (χ1) is 17.5. The lowest BCUT2D eigenvalue weighted by Gasteiger charge is -2.34. The van der Waals surface area contributed by atoms with E-state index in [9.17, 15) is 14.4 Å². The number of aromatic amines is 1. The van der Waals surface area contributed by atoms with Crippen molar-refractivity contribution in [1.82, 2.24) is 29.5 Å². The Morgan fingerprint density at radius 1 is 1.08 bits per heavy atom. The van der Waals surface area contributed by atoms with Crippen LogP contribution in [-0.4, -0.2) is 68.7 Å². The van der Waals surface area contributed by atoms with Crippen LogP contribution in [-0.2, 0) is 13.1 Å². The van der Waals surface area contributed by atoms with Gasteiger partial charge in [0.05, 0.1) is 24.7 Å². The third-order valence-corrected chi connectivity index (χ3v) is 6.37. The number of fused-ring (bicyclic) bond motifs is 1. The lowest BCUT2D eigenvalue weighted by Crippen LogP contribution is -2.48. The molecule has 0 spiro atoms. The van der Waals surface area contributed by atoms with Gasteiger partial charge < -0.3 is 23.7 Å². The molecule has 0 saturated carbocycles. The summed E-state index contributed by atoms with van der Waals surface area (Å²) in [5, 5.41) is 4.07. The highest BCUT2D eigenvalue weighted by atomic mass is 16.5. The van der Waals surface area contributed by atoms with Crippen molar-refractivity contribution in [2.24, 2.45) is 0 Å². The number of ether oxygens (including phenoxy) is 1. The summed E-state index contributed by atoms with van der Waals surface area (Å²) in [7, 11) is 1.62. The van der Waals surface area contributed by atoms with Crippen LogP contribution in [0.1, 0.15) is 23.2 Å². The third kappa shape index (κ3) is 4.52. The van der Waals surface area contributed by atoms with Gasteiger partial charge in [0.2, 0.25) is 11.7 Å². The number of carbonyl (C=O) groups is 1. The Kier molecular flexibility index (Phi) is 6.38. The minimum absolute atomic E-state index is 0.119. The molecule has 2 aromatic heterocycles. The Labute approximate surface area is 205 Å². The standard InChI is InChI=1S/C25H26N6O5/c1-3-31-20-9-6-17(14-19(20)26-23(32)25(31)34)24(33)30-12-10-29(11-13-30)15-21-27-22(28-36-21)16-4-7-18(35-2)8-5-16/h4-9,14H,3,10-13,15H2,1-2H3,(H,26,32). The van der Waals surface area contributed by atoms with Gasteiger partial charge in [-0.3, -0.25) is 19.3 Å². The fourth-order valence-corrected chi connectivity index (χ4v) is 4.39. The van der Waals surface area contributed by atoms with Gasteiger partial charge in [0.1, 0.15) is 5.75 Å². The molecule has 0 bridgehead atoms. The molecule has 11 nitrogen and oxygen atoms in total. The zero-order valence-corrected chi connectivity index (χ0v) is 20.1. The number of piperazine rings is 1. The number of nitrogens with one attached hydrogen (secondary N) is 1. The van der Waals surface area contributed by atoms with E-state index in [0.29, 0.717) is 67.6 Å². The van der Waals surface area contributed by atoms with Crippen LogP contribution in [0.25, 0.3) is 22.4 Å². The van der Waals surface area contributed by atoms with Crippen molar-refractivity contribution in [2.75, 3.05) is 33.3 Å². The maximum Gasteiger partial charge on any atom is 0.316 e. The minimum atomic E-state index is -0.696. The Balaban J connectivity index is 1.22.